The molecule has 0 saturated heterocycles. The molecule has 1 aromatic heterocycles. The van der Waals surface area contributed by atoms with Crippen LogP contribution in [0.2, 0.25) is 0 Å². The molecule has 20 heavy (non-hydrogen) atoms. The summed E-state index contributed by atoms with van der Waals surface area (Å²) in [6.45, 7) is 6.91. The third kappa shape index (κ3) is 4.28. The zero-order valence-corrected chi connectivity index (χ0v) is 13.4. The third-order valence-corrected chi connectivity index (χ3v) is 3.93. The summed E-state index contributed by atoms with van der Waals surface area (Å²) in [6, 6.07) is 8.64. The fourth-order valence-electron chi connectivity index (χ4n) is 2.01. The van der Waals surface area contributed by atoms with E-state index in [-0.39, 0.29) is 0 Å². The first-order valence-corrected chi connectivity index (χ1v) is 7.57. The molecule has 5 heteroatoms. The Morgan fingerprint density at radius 3 is 2.55 bits per heavy atom. The smallest absolute Gasteiger partial charge is 0.205 e. The lowest BCUT2D eigenvalue weighted by Crippen LogP contribution is -2.31. The molecule has 2 rings (SSSR count). The van der Waals surface area contributed by atoms with Gasteiger partial charge >= 0.3 is 0 Å². The van der Waals surface area contributed by atoms with Crippen molar-refractivity contribution in [1.29, 1.82) is 0 Å². The zero-order valence-electron chi connectivity index (χ0n) is 12.6. The van der Waals surface area contributed by atoms with E-state index in [1.54, 1.807) is 0 Å². The zero-order chi connectivity index (χ0) is 14.5. The van der Waals surface area contributed by atoms with Crippen molar-refractivity contribution < 1.29 is 0 Å². The van der Waals surface area contributed by atoms with Crippen LogP contribution in [0.3, 0.4) is 0 Å². The number of nitrogens with zero attached hydrogens (tertiary/aromatic N) is 4. The quantitative estimate of drug-likeness (QED) is 0.819. The lowest BCUT2D eigenvalue weighted by molar-refractivity contribution is 0.412. The Balaban J connectivity index is 2.13. The predicted molar refractivity (Wildman–Crippen MR) is 85.4 cm³/mol. The van der Waals surface area contributed by atoms with Gasteiger partial charge < -0.3 is 9.80 Å². The second-order valence-corrected chi connectivity index (χ2v) is 6.07. The fraction of sp³-hybridized carbons (Fsp3) is 0.467. The van der Waals surface area contributed by atoms with Crippen LogP contribution in [-0.2, 0) is 6.54 Å². The molecule has 0 spiro atoms. The SMILES string of the molecule is Cc1cccc(CN(CCN(C)C)c2nc(C)ns2)c1. The van der Waals surface area contributed by atoms with Gasteiger partial charge in [-0.25, -0.2) is 4.98 Å². The van der Waals surface area contributed by atoms with Crippen LogP contribution in [0, 0.1) is 13.8 Å². The highest BCUT2D eigenvalue weighted by Gasteiger charge is 2.12. The van der Waals surface area contributed by atoms with Gasteiger partial charge in [0.15, 0.2) is 0 Å². The summed E-state index contributed by atoms with van der Waals surface area (Å²) < 4.78 is 4.30. The Morgan fingerprint density at radius 1 is 1.15 bits per heavy atom. The van der Waals surface area contributed by atoms with Crippen LogP contribution in [0.4, 0.5) is 5.13 Å². The summed E-state index contributed by atoms with van der Waals surface area (Å²) in [5.74, 6) is 0.851. The summed E-state index contributed by atoms with van der Waals surface area (Å²) in [5.41, 5.74) is 2.61. The predicted octanol–water partition coefficient (Wildman–Crippen LogP) is 2.72. The first-order valence-electron chi connectivity index (χ1n) is 6.80. The molecule has 0 aliphatic heterocycles. The van der Waals surface area contributed by atoms with Crippen molar-refractivity contribution in [2.45, 2.75) is 20.4 Å². The van der Waals surface area contributed by atoms with Crippen molar-refractivity contribution >= 4 is 16.7 Å². The van der Waals surface area contributed by atoms with Crippen molar-refractivity contribution in [3.05, 3.63) is 41.2 Å². The summed E-state index contributed by atoms with van der Waals surface area (Å²) >= 11 is 1.48. The molecule has 0 N–H and O–H groups in total. The van der Waals surface area contributed by atoms with Gasteiger partial charge in [-0.2, -0.15) is 4.37 Å². The second-order valence-electron chi connectivity index (χ2n) is 5.34. The maximum atomic E-state index is 4.52. The number of aromatic nitrogens is 2. The molecule has 0 bridgehead atoms. The van der Waals surface area contributed by atoms with Crippen molar-refractivity contribution in [1.82, 2.24) is 14.3 Å². The second kappa shape index (κ2) is 6.81. The van der Waals surface area contributed by atoms with Crippen molar-refractivity contribution in [2.24, 2.45) is 0 Å². The van der Waals surface area contributed by atoms with Crippen LogP contribution in [-0.4, -0.2) is 41.4 Å². The minimum absolute atomic E-state index is 0.851. The first kappa shape index (κ1) is 14.9. The highest BCUT2D eigenvalue weighted by atomic mass is 32.1. The van der Waals surface area contributed by atoms with Gasteiger partial charge in [-0.05, 0) is 33.5 Å². The molecule has 0 radical (unpaired) electrons. The van der Waals surface area contributed by atoms with E-state index in [9.17, 15) is 0 Å². The molecule has 0 unspecified atom stereocenters. The monoisotopic (exact) mass is 290 g/mol. The molecule has 4 nitrogen and oxygen atoms in total. The molecule has 0 aliphatic rings. The van der Waals surface area contributed by atoms with Gasteiger partial charge in [-0.15, -0.1) is 0 Å². The van der Waals surface area contributed by atoms with E-state index in [1.165, 1.54) is 22.7 Å². The molecule has 0 amide bonds. The van der Waals surface area contributed by atoms with E-state index in [1.807, 2.05) is 6.92 Å². The number of hydrogen-bond donors (Lipinski definition) is 0. The Hall–Kier alpha value is -1.46. The average molecular weight is 290 g/mol. The van der Waals surface area contributed by atoms with Crippen molar-refractivity contribution in [3.63, 3.8) is 0 Å². The van der Waals surface area contributed by atoms with E-state index in [0.29, 0.717) is 0 Å². The number of aryl methyl sites for hydroxylation is 2. The minimum Gasteiger partial charge on any atom is -0.341 e. The molecule has 1 aromatic carbocycles. The van der Waals surface area contributed by atoms with Crippen LogP contribution in [0.5, 0.6) is 0 Å². The molecular formula is C15H22N4S. The molecule has 0 fully saturated rings. The number of benzene rings is 1. The average Bonchev–Trinajstić information content (AvgIpc) is 2.81. The van der Waals surface area contributed by atoms with Crippen LogP contribution >= 0.6 is 11.5 Å². The molecule has 0 atom stereocenters. The van der Waals surface area contributed by atoms with E-state index < -0.39 is 0 Å². The van der Waals surface area contributed by atoms with Gasteiger partial charge in [0.1, 0.15) is 5.82 Å². The van der Waals surface area contributed by atoms with Gasteiger partial charge in [-0.3, -0.25) is 0 Å². The summed E-state index contributed by atoms with van der Waals surface area (Å²) in [5, 5.41) is 1.01. The van der Waals surface area contributed by atoms with E-state index in [0.717, 1.165) is 30.6 Å². The molecule has 0 saturated carbocycles. The molecule has 0 aliphatic carbocycles. The van der Waals surface area contributed by atoms with Crippen LogP contribution < -0.4 is 4.90 Å². The molecule has 1 heterocycles. The summed E-state index contributed by atoms with van der Waals surface area (Å²) in [4.78, 5) is 9.02. The Bertz CT molecular complexity index is 550. The van der Waals surface area contributed by atoms with Gasteiger partial charge in [0.05, 0.1) is 0 Å². The van der Waals surface area contributed by atoms with E-state index in [2.05, 4.69) is 64.4 Å². The highest BCUT2D eigenvalue weighted by Crippen LogP contribution is 2.19. The van der Waals surface area contributed by atoms with Gasteiger partial charge in [0.2, 0.25) is 5.13 Å². The number of likely N-dealkylation sites (N-methyl/N-ethyl adjacent to an activating group) is 1. The lowest BCUT2D eigenvalue weighted by atomic mass is 10.1. The number of anilines is 1. The standard InChI is InChI=1S/C15H22N4S/c1-12-6-5-7-14(10-12)11-19(9-8-18(3)4)15-16-13(2)17-20-15/h5-7,10H,8-9,11H2,1-4H3. The van der Waals surface area contributed by atoms with Crippen molar-refractivity contribution in [2.75, 3.05) is 32.1 Å². The largest absolute Gasteiger partial charge is 0.341 e. The Labute approximate surface area is 125 Å². The van der Waals surface area contributed by atoms with Crippen LogP contribution in [0.15, 0.2) is 24.3 Å². The lowest BCUT2D eigenvalue weighted by Gasteiger charge is -2.23. The Kier molecular flexibility index (Phi) is 5.09. The summed E-state index contributed by atoms with van der Waals surface area (Å²) in [6.07, 6.45) is 0. The molecule has 2 aromatic rings. The maximum Gasteiger partial charge on any atom is 0.205 e. The molecular weight excluding hydrogens is 268 g/mol. The van der Waals surface area contributed by atoms with Gasteiger partial charge in [-0.1, -0.05) is 29.8 Å². The topological polar surface area (TPSA) is 32.3 Å². The minimum atomic E-state index is 0.851. The first-order chi connectivity index (χ1) is 9.54. The summed E-state index contributed by atoms with van der Waals surface area (Å²) in [7, 11) is 4.19. The normalized spacial score (nSPS) is 11.1. The Morgan fingerprint density at radius 2 is 1.95 bits per heavy atom. The van der Waals surface area contributed by atoms with Crippen LogP contribution in [0.1, 0.15) is 17.0 Å². The van der Waals surface area contributed by atoms with Crippen molar-refractivity contribution in [3.8, 4) is 0 Å². The fourth-order valence-corrected chi connectivity index (χ4v) is 2.71. The third-order valence-electron chi connectivity index (χ3n) is 3.06. The van der Waals surface area contributed by atoms with Crippen LogP contribution in [0.25, 0.3) is 0 Å². The highest BCUT2D eigenvalue weighted by molar-refractivity contribution is 7.09. The maximum absolute atomic E-state index is 4.52. The molecule has 108 valence electrons. The van der Waals surface area contributed by atoms with Gasteiger partial charge in [0.25, 0.3) is 0 Å². The van der Waals surface area contributed by atoms with E-state index in [4.69, 9.17) is 0 Å². The van der Waals surface area contributed by atoms with E-state index >= 15 is 0 Å². The number of rotatable bonds is 6. The van der Waals surface area contributed by atoms with Gasteiger partial charge in [0, 0.05) is 31.2 Å². The number of hydrogen-bond acceptors (Lipinski definition) is 5.